The number of esters is 1. The molecule has 9 heteroatoms. The summed E-state index contributed by atoms with van der Waals surface area (Å²) in [7, 11) is 1.87. The Morgan fingerprint density at radius 1 is 1.00 bits per heavy atom. The fourth-order valence-corrected chi connectivity index (χ4v) is 5.83. The van der Waals surface area contributed by atoms with Crippen molar-refractivity contribution in [2.24, 2.45) is 17.8 Å². The third-order valence-electron chi connectivity index (χ3n) is 7.24. The Labute approximate surface area is 270 Å². The van der Waals surface area contributed by atoms with Gasteiger partial charge in [0.15, 0.2) is 0 Å². The van der Waals surface area contributed by atoms with Crippen LogP contribution < -0.4 is 5.32 Å². The summed E-state index contributed by atoms with van der Waals surface area (Å²) >= 11 is 1.40. The molecule has 1 heterocycles. The van der Waals surface area contributed by atoms with Crippen molar-refractivity contribution in [2.75, 3.05) is 20.3 Å². The van der Waals surface area contributed by atoms with E-state index in [1.807, 2.05) is 76.9 Å². The standard InChI is InChI=1S/C33H51N3O5S.C2H6/c1-9-16-41-29(20-28(23(5)6)36(8)30(37)17-22(3)4)32-35-27(21-42-32)31(38)34-26(18-24(7)33(39)40-10-2)19-25-14-12-11-13-15-25;1-2/h11-15,21-24,26,28-29H,9-10,16-20H2,1-8H3,(H,34,38);1-2H3. The van der Waals surface area contributed by atoms with Crippen molar-refractivity contribution in [1.82, 2.24) is 15.2 Å². The molecule has 4 unspecified atom stereocenters. The van der Waals surface area contributed by atoms with Crippen molar-refractivity contribution in [3.63, 3.8) is 0 Å². The van der Waals surface area contributed by atoms with Crippen LogP contribution in [0.3, 0.4) is 0 Å². The Morgan fingerprint density at radius 3 is 2.23 bits per heavy atom. The first-order valence-corrected chi connectivity index (χ1v) is 17.2. The largest absolute Gasteiger partial charge is 0.466 e. The first-order valence-electron chi connectivity index (χ1n) is 16.3. The maximum absolute atomic E-state index is 13.4. The van der Waals surface area contributed by atoms with Gasteiger partial charge >= 0.3 is 5.97 Å². The highest BCUT2D eigenvalue weighted by Gasteiger charge is 2.30. The van der Waals surface area contributed by atoms with Gasteiger partial charge < -0.3 is 19.7 Å². The summed E-state index contributed by atoms with van der Waals surface area (Å²) < 4.78 is 11.5. The molecular formula is C35H57N3O5S. The molecule has 0 aliphatic carbocycles. The summed E-state index contributed by atoms with van der Waals surface area (Å²) in [6.45, 7) is 18.9. The van der Waals surface area contributed by atoms with Gasteiger partial charge in [-0.1, -0.05) is 85.7 Å². The molecule has 0 saturated heterocycles. The third kappa shape index (κ3) is 13.5. The number of benzene rings is 1. The van der Waals surface area contributed by atoms with Crippen molar-refractivity contribution in [3.8, 4) is 0 Å². The van der Waals surface area contributed by atoms with E-state index in [0.717, 1.165) is 17.0 Å². The van der Waals surface area contributed by atoms with Gasteiger partial charge in [-0.15, -0.1) is 11.3 Å². The van der Waals surface area contributed by atoms with Crippen molar-refractivity contribution < 1.29 is 23.9 Å². The zero-order chi connectivity index (χ0) is 33.2. The molecule has 2 rings (SSSR count). The summed E-state index contributed by atoms with van der Waals surface area (Å²) in [6, 6.07) is 9.60. The molecule has 4 atom stereocenters. The van der Waals surface area contributed by atoms with Crippen LogP contribution in [-0.4, -0.2) is 60.0 Å². The van der Waals surface area contributed by atoms with E-state index in [9.17, 15) is 14.4 Å². The molecule has 0 saturated carbocycles. The number of nitrogens with one attached hydrogen (secondary N) is 1. The predicted molar refractivity (Wildman–Crippen MR) is 180 cm³/mol. The van der Waals surface area contributed by atoms with Gasteiger partial charge in [-0.2, -0.15) is 0 Å². The first-order chi connectivity index (χ1) is 21.0. The van der Waals surface area contributed by atoms with E-state index >= 15 is 0 Å². The summed E-state index contributed by atoms with van der Waals surface area (Å²) in [6.07, 6.45) is 2.65. The van der Waals surface area contributed by atoms with Crippen LogP contribution in [0.15, 0.2) is 35.7 Å². The molecule has 248 valence electrons. The SMILES string of the molecule is CC.CCCOC(CC(C(C)C)N(C)C(=O)CC(C)C)c1nc(C(=O)NC(Cc2ccccc2)CC(C)C(=O)OCC)cs1. The van der Waals surface area contributed by atoms with Gasteiger partial charge in [0.1, 0.15) is 16.8 Å². The van der Waals surface area contributed by atoms with Crippen molar-refractivity contribution >= 4 is 29.1 Å². The third-order valence-corrected chi connectivity index (χ3v) is 8.18. The molecular weight excluding hydrogens is 574 g/mol. The lowest BCUT2D eigenvalue weighted by molar-refractivity contribution is -0.147. The van der Waals surface area contributed by atoms with Crippen molar-refractivity contribution in [2.45, 2.75) is 113 Å². The molecule has 1 aromatic heterocycles. The number of thiazole rings is 1. The van der Waals surface area contributed by atoms with Crippen molar-refractivity contribution in [1.29, 1.82) is 0 Å². The van der Waals surface area contributed by atoms with Gasteiger partial charge in [0, 0.05) is 44.0 Å². The smallest absolute Gasteiger partial charge is 0.308 e. The molecule has 1 aromatic carbocycles. The van der Waals surface area contributed by atoms with Gasteiger partial charge in [-0.3, -0.25) is 14.4 Å². The van der Waals surface area contributed by atoms with Gasteiger partial charge in [0.25, 0.3) is 5.91 Å². The Hall–Kier alpha value is -2.78. The second-order valence-corrected chi connectivity index (χ2v) is 12.7. The highest BCUT2D eigenvalue weighted by molar-refractivity contribution is 7.09. The van der Waals surface area contributed by atoms with E-state index in [0.29, 0.717) is 44.6 Å². The normalized spacial score (nSPS) is 13.8. The summed E-state index contributed by atoms with van der Waals surface area (Å²) in [5.74, 6) is -0.284. The average molecular weight is 632 g/mol. The van der Waals surface area contributed by atoms with Gasteiger partial charge in [0.2, 0.25) is 5.91 Å². The first kappa shape index (κ1) is 39.2. The number of carbonyl (C=O) groups excluding carboxylic acids is 3. The second-order valence-electron chi connectivity index (χ2n) is 11.8. The fourth-order valence-electron chi connectivity index (χ4n) is 4.97. The molecule has 0 radical (unpaired) electrons. The maximum atomic E-state index is 13.4. The zero-order valence-electron chi connectivity index (χ0n) is 28.7. The number of hydrogen-bond donors (Lipinski definition) is 1. The second kappa shape index (κ2) is 21.0. The Kier molecular flexibility index (Phi) is 18.8. The van der Waals surface area contributed by atoms with E-state index in [1.165, 1.54) is 11.3 Å². The average Bonchev–Trinajstić information content (AvgIpc) is 3.48. The monoisotopic (exact) mass is 631 g/mol. The molecule has 2 amide bonds. The lowest BCUT2D eigenvalue weighted by atomic mass is 9.95. The molecule has 2 aromatic rings. The predicted octanol–water partition coefficient (Wildman–Crippen LogP) is 7.49. The van der Waals surface area contributed by atoms with Crippen LogP contribution >= 0.6 is 11.3 Å². The topological polar surface area (TPSA) is 97.8 Å². The van der Waals surface area contributed by atoms with Crippen LogP contribution in [0.25, 0.3) is 0 Å². The van der Waals surface area contributed by atoms with E-state index in [-0.39, 0.29) is 53.7 Å². The quantitative estimate of drug-likeness (QED) is 0.171. The van der Waals surface area contributed by atoms with Crippen LogP contribution in [-0.2, 0) is 25.5 Å². The molecule has 44 heavy (non-hydrogen) atoms. The van der Waals surface area contributed by atoms with Crippen molar-refractivity contribution in [3.05, 3.63) is 52.0 Å². The fraction of sp³-hybridized carbons (Fsp3) is 0.657. The molecule has 0 bridgehead atoms. The minimum atomic E-state index is -0.361. The Balaban J connectivity index is 0.00000474. The van der Waals surface area contributed by atoms with E-state index in [1.54, 1.807) is 12.3 Å². The molecule has 0 aliphatic rings. The van der Waals surface area contributed by atoms with Gasteiger partial charge in [0.05, 0.1) is 12.5 Å². The van der Waals surface area contributed by atoms with Crippen LogP contribution in [0.1, 0.15) is 115 Å². The van der Waals surface area contributed by atoms with Crippen LogP contribution in [0.2, 0.25) is 0 Å². The Morgan fingerprint density at radius 2 is 1.66 bits per heavy atom. The van der Waals surface area contributed by atoms with E-state index in [4.69, 9.17) is 14.5 Å². The Bertz CT molecular complexity index is 1100. The number of hydrogen-bond acceptors (Lipinski definition) is 7. The molecule has 8 nitrogen and oxygen atoms in total. The van der Waals surface area contributed by atoms with E-state index < -0.39 is 0 Å². The summed E-state index contributed by atoms with van der Waals surface area (Å²) in [5, 5.41) is 5.61. The minimum absolute atomic E-state index is 0.0288. The maximum Gasteiger partial charge on any atom is 0.308 e. The highest BCUT2D eigenvalue weighted by atomic mass is 32.1. The zero-order valence-corrected chi connectivity index (χ0v) is 29.5. The van der Waals surface area contributed by atoms with Crippen LogP contribution in [0.4, 0.5) is 0 Å². The van der Waals surface area contributed by atoms with Crippen LogP contribution in [0.5, 0.6) is 0 Å². The number of nitrogens with zero attached hydrogens (tertiary/aromatic N) is 2. The number of aromatic nitrogens is 1. The molecule has 0 fully saturated rings. The lowest BCUT2D eigenvalue weighted by Crippen LogP contribution is -2.42. The number of carbonyl (C=O) groups is 3. The summed E-state index contributed by atoms with van der Waals surface area (Å²) in [5.41, 5.74) is 1.40. The number of rotatable bonds is 18. The molecule has 0 aliphatic heterocycles. The highest BCUT2D eigenvalue weighted by Crippen LogP contribution is 2.31. The minimum Gasteiger partial charge on any atom is -0.466 e. The number of amides is 2. The van der Waals surface area contributed by atoms with Gasteiger partial charge in [-0.05, 0) is 43.6 Å². The van der Waals surface area contributed by atoms with Gasteiger partial charge in [-0.25, -0.2) is 4.98 Å². The van der Waals surface area contributed by atoms with E-state index in [2.05, 4.69) is 26.1 Å². The molecule has 1 N–H and O–H groups in total. The summed E-state index contributed by atoms with van der Waals surface area (Å²) in [4.78, 5) is 45.2. The lowest BCUT2D eigenvalue weighted by Gasteiger charge is -2.34. The van der Waals surface area contributed by atoms with Crippen LogP contribution in [0, 0.1) is 17.8 Å². The molecule has 0 spiro atoms. The number of ether oxygens (including phenoxy) is 2.